The molecule has 0 aliphatic heterocycles. The zero-order valence-corrected chi connectivity index (χ0v) is 40.9. The molecule has 0 aromatic heterocycles. The van der Waals surface area contributed by atoms with Crippen LogP contribution in [0.15, 0.2) is 24.3 Å². The second-order valence-electron chi connectivity index (χ2n) is 18.8. The second kappa shape index (κ2) is 44.4. The number of rotatable bonds is 47. The Labute approximate surface area is 377 Å². The molecule has 0 aromatic carbocycles. The first-order valence-corrected chi connectivity index (χ1v) is 25.9. The molecule has 61 heavy (non-hydrogen) atoms. The molecule has 2 unspecified atom stereocenters. The number of carboxylic acids is 1. The van der Waals surface area contributed by atoms with E-state index in [1.54, 1.807) is 0 Å². The normalized spacial score (nSPS) is 13.0. The topological polar surface area (TPSA) is 99.1 Å². The third-order valence-corrected chi connectivity index (χ3v) is 11.9. The molecule has 0 aliphatic rings. The first-order valence-electron chi connectivity index (χ1n) is 25.9. The van der Waals surface area contributed by atoms with E-state index < -0.39 is 18.1 Å². The van der Waals surface area contributed by atoms with Gasteiger partial charge in [0.2, 0.25) is 0 Å². The van der Waals surface area contributed by atoms with Crippen molar-refractivity contribution in [3.8, 4) is 0 Å². The van der Waals surface area contributed by atoms with Gasteiger partial charge in [0.25, 0.3) is 0 Å². The highest BCUT2D eigenvalue weighted by molar-refractivity contribution is 5.72. The summed E-state index contributed by atoms with van der Waals surface area (Å²) < 4.78 is 17.3. The minimum Gasteiger partial charge on any atom is -0.477 e. The zero-order valence-electron chi connectivity index (χ0n) is 40.9. The van der Waals surface area contributed by atoms with Crippen LogP contribution in [0.3, 0.4) is 0 Å². The highest BCUT2D eigenvalue weighted by atomic mass is 16.6. The number of aliphatic carboxylic acids is 1. The number of nitrogens with zero attached hydrogens (tertiary/aromatic N) is 1. The van der Waals surface area contributed by atoms with Crippen LogP contribution in [0.1, 0.15) is 245 Å². The number of hydrogen-bond donors (Lipinski definition) is 1. The van der Waals surface area contributed by atoms with Crippen molar-refractivity contribution in [2.24, 2.45) is 0 Å². The maximum Gasteiger partial charge on any atom is 0.362 e. The molecular weight excluding hydrogens is 763 g/mol. The summed E-state index contributed by atoms with van der Waals surface area (Å²) in [6, 6.07) is -0.615. The lowest BCUT2D eigenvalue weighted by Crippen LogP contribution is -2.50. The summed E-state index contributed by atoms with van der Waals surface area (Å²) in [5.41, 5.74) is 0. The summed E-state index contributed by atoms with van der Waals surface area (Å²) in [6.45, 7) is 4.72. The molecule has 0 heterocycles. The molecule has 0 fully saturated rings. The van der Waals surface area contributed by atoms with Gasteiger partial charge >= 0.3 is 17.9 Å². The van der Waals surface area contributed by atoms with Crippen LogP contribution in [-0.2, 0) is 28.6 Å². The number of hydrogen-bond acceptors (Lipinski definition) is 6. The fourth-order valence-electron chi connectivity index (χ4n) is 7.82. The van der Waals surface area contributed by atoms with Crippen molar-refractivity contribution in [1.82, 2.24) is 0 Å². The van der Waals surface area contributed by atoms with Gasteiger partial charge in [-0.3, -0.25) is 9.59 Å². The van der Waals surface area contributed by atoms with E-state index in [-0.39, 0.29) is 36.2 Å². The third kappa shape index (κ3) is 42.9. The molecule has 0 saturated heterocycles. The van der Waals surface area contributed by atoms with E-state index in [1.807, 2.05) is 21.1 Å². The fourth-order valence-corrected chi connectivity index (χ4v) is 7.82. The molecule has 8 heteroatoms. The molecule has 1 N–H and O–H groups in total. The number of esters is 2. The molecule has 0 bridgehead atoms. The van der Waals surface area contributed by atoms with E-state index >= 15 is 0 Å². The van der Waals surface area contributed by atoms with Gasteiger partial charge in [-0.1, -0.05) is 212 Å². The van der Waals surface area contributed by atoms with Gasteiger partial charge in [0, 0.05) is 19.3 Å². The summed E-state index contributed by atoms with van der Waals surface area (Å²) in [5.74, 6) is -1.47. The highest BCUT2D eigenvalue weighted by Gasteiger charge is 2.31. The van der Waals surface area contributed by atoms with Crippen molar-refractivity contribution in [3.63, 3.8) is 0 Å². The molecule has 0 radical (unpaired) electrons. The van der Waals surface area contributed by atoms with E-state index in [0.29, 0.717) is 19.3 Å². The number of quaternary nitrogens is 1. The molecule has 0 aromatic rings. The Bertz CT molecular complexity index is 1050. The minimum atomic E-state index is -0.874. The Hall–Kier alpha value is -2.19. The quantitative estimate of drug-likeness (QED) is 0.0281. The first-order chi connectivity index (χ1) is 29.6. The Morgan fingerprint density at radius 1 is 0.492 bits per heavy atom. The molecule has 0 spiro atoms. The van der Waals surface area contributed by atoms with Crippen molar-refractivity contribution in [2.45, 2.75) is 257 Å². The molecule has 8 nitrogen and oxygen atoms in total. The lowest BCUT2D eigenvalue weighted by atomic mass is 10.0. The summed E-state index contributed by atoms with van der Waals surface area (Å²) in [7, 11) is 5.54. The van der Waals surface area contributed by atoms with Crippen molar-refractivity contribution in [3.05, 3.63) is 24.3 Å². The van der Waals surface area contributed by atoms with Crippen LogP contribution in [0.25, 0.3) is 0 Å². The van der Waals surface area contributed by atoms with E-state index in [0.717, 1.165) is 64.2 Å². The Kier molecular flexibility index (Phi) is 42.8. The average molecular weight is 863 g/mol. The molecule has 0 aliphatic carbocycles. The van der Waals surface area contributed by atoms with Crippen LogP contribution in [0.2, 0.25) is 0 Å². The van der Waals surface area contributed by atoms with Gasteiger partial charge in [0.05, 0.1) is 34.4 Å². The molecule has 2 atom stereocenters. The monoisotopic (exact) mass is 863 g/mol. The summed E-state index contributed by atoms with van der Waals surface area (Å²) in [4.78, 5) is 37.1. The van der Waals surface area contributed by atoms with Crippen LogP contribution >= 0.6 is 0 Å². The Morgan fingerprint density at radius 3 is 1.31 bits per heavy atom. The lowest BCUT2D eigenvalue weighted by molar-refractivity contribution is -0.887. The molecule has 0 amide bonds. The van der Waals surface area contributed by atoms with Gasteiger partial charge in [-0.2, -0.15) is 0 Å². The largest absolute Gasteiger partial charge is 0.477 e. The fraction of sp³-hybridized carbons (Fsp3) is 0.868. The van der Waals surface area contributed by atoms with Crippen LogP contribution in [-0.4, -0.2) is 80.6 Å². The lowest BCUT2D eigenvalue weighted by Gasteiger charge is -2.31. The van der Waals surface area contributed by atoms with Crippen LogP contribution in [0.5, 0.6) is 0 Å². The van der Waals surface area contributed by atoms with Gasteiger partial charge in [-0.05, 0) is 38.5 Å². The van der Waals surface area contributed by atoms with Crippen molar-refractivity contribution < 1.29 is 38.2 Å². The predicted molar refractivity (Wildman–Crippen MR) is 257 cm³/mol. The van der Waals surface area contributed by atoms with Crippen LogP contribution in [0.4, 0.5) is 0 Å². The van der Waals surface area contributed by atoms with E-state index in [1.165, 1.54) is 148 Å². The third-order valence-electron chi connectivity index (χ3n) is 11.9. The van der Waals surface area contributed by atoms with Gasteiger partial charge < -0.3 is 23.8 Å². The summed E-state index contributed by atoms with van der Waals surface area (Å²) >= 11 is 0. The zero-order chi connectivity index (χ0) is 44.9. The number of ether oxygens (including phenoxy) is 3. The summed E-state index contributed by atoms with van der Waals surface area (Å²) in [6.07, 6.45) is 50.9. The Morgan fingerprint density at radius 2 is 0.885 bits per heavy atom. The van der Waals surface area contributed by atoms with Crippen molar-refractivity contribution >= 4 is 17.9 Å². The van der Waals surface area contributed by atoms with Crippen LogP contribution < -0.4 is 0 Å². The van der Waals surface area contributed by atoms with E-state index in [9.17, 15) is 19.5 Å². The number of carboxylic acid groups (broad SMARTS) is 1. The average Bonchev–Trinajstić information content (AvgIpc) is 3.22. The number of unbranched alkanes of at least 4 members (excludes halogenated alkanes) is 29. The molecule has 0 saturated carbocycles. The minimum absolute atomic E-state index is 0.0519. The highest BCUT2D eigenvalue weighted by Crippen LogP contribution is 2.17. The van der Waals surface area contributed by atoms with Crippen LogP contribution in [0, 0.1) is 0 Å². The van der Waals surface area contributed by atoms with E-state index in [4.69, 9.17) is 14.2 Å². The smallest absolute Gasteiger partial charge is 0.362 e. The summed E-state index contributed by atoms with van der Waals surface area (Å²) in [5, 5.41) is 9.64. The van der Waals surface area contributed by atoms with Gasteiger partial charge in [-0.15, -0.1) is 0 Å². The van der Waals surface area contributed by atoms with E-state index in [2.05, 4.69) is 38.2 Å². The van der Waals surface area contributed by atoms with Gasteiger partial charge in [0.1, 0.15) is 6.61 Å². The first kappa shape index (κ1) is 58.8. The second-order valence-corrected chi connectivity index (χ2v) is 18.8. The predicted octanol–water partition coefficient (Wildman–Crippen LogP) is 14.8. The molecule has 358 valence electrons. The standard InChI is InChI=1S/C53H99NO7/c1-6-8-10-12-14-16-18-20-22-23-24-25-26-27-28-29-30-32-33-35-37-39-41-43-51(55)60-48-49(47-59-46-45-50(53(57)58)54(3,4)5)61-52(56)44-42-40-38-36-34-31-21-19-17-15-13-11-9-7-2/h13,15,19,21,49-50H,6-12,14,16-18,20,22-48H2,1-5H3/p+1/b15-13-,21-19-. The van der Waals surface area contributed by atoms with Gasteiger partial charge in [-0.25, -0.2) is 4.79 Å². The number of likely N-dealkylation sites (N-methyl/N-ethyl adjacent to an activating group) is 1. The SMILES string of the molecule is CCCC/C=C\C/C=C\CCCCCCCC(=O)OC(COCCC(C(=O)O)[N+](C)(C)C)COC(=O)CCCCCCCCCCCCCCCCCCCCCCCCC. The molecule has 0 rings (SSSR count). The van der Waals surface area contributed by atoms with Gasteiger partial charge in [0.15, 0.2) is 12.1 Å². The maximum atomic E-state index is 12.7. The van der Waals surface area contributed by atoms with Crippen molar-refractivity contribution in [1.29, 1.82) is 0 Å². The maximum absolute atomic E-state index is 12.7. The number of carbonyl (C=O) groups excluding carboxylic acids is 2. The Balaban J connectivity index is 4.15. The number of allylic oxidation sites excluding steroid dienone is 4. The number of carbonyl (C=O) groups is 3. The van der Waals surface area contributed by atoms with Crippen molar-refractivity contribution in [2.75, 3.05) is 41.0 Å². The molecular formula is C53H100NO7+.